The van der Waals surface area contributed by atoms with Gasteiger partial charge in [0.1, 0.15) is 12.4 Å². The van der Waals surface area contributed by atoms with E-state index in [0.29, 0.717) is 23.7 Å². The van der Waals surface area contributed by atoms with E-state index in [9.17, 15) is 18.0 Å². The highest BCUT2D eigenvalue weighted by atomic mass is 32.2. The van der Waals surface area contributed by atoms with Crippen molar-refractivity contribution in [3.05, 3.63) is 41.1 Å². The van der Waals surface area contributed by atoms with Gasteiger partial charge in [0, 0.05) is 49.9 Å². The predicted molar refractivity (Wildman–Crippen MR) is 124 cm³/mol. The van der Waals surface area contributed by atoms with Crippen LogP contribution in [0.1, 0.15) is 34.5 Å². The fourth-order valence-electron chi connectivity index (χ4n) is 3.71. The molecule has 0 saturated carbocycles. The Morgan fingerprint density at radius 3 is 2.67 bits per heavy atom. The minimum absolute atomic E-state index is 0.0139. The van der Waals surface area contributed by atoms with E-state index in [4.69, 9.17) is 4.74 Å². The zero-order valence-electron chi connectivity index (χ0n) is 18.5. The van der Waals surface area contributed by atoms with E-state index in [1.54, 1.807) is 11.8 Å². The quantitative estimate of drug-likeness (QED) is 0.570. The molecule has 1 fully saturated rings. The molecule has 2 aromatic rings. The maximum absolute atomic E-state index is 12.9. The Kier molecular flexibility index (Phi) is 7.07. The first kappa shape index (κ1) is 23.7. The van der Waals surface area contributed by atoms with Crippen molar-refractivity contribution in [1.82, 2.24) is 19.4 Å². The van der Waals surface area contributed by atoms with Crippen LogP contribution in [-0.4, -0.2) is 67.7 Å². The molecule has 0 spiro atoms. The van der Waals surface area contributed by atoms with Crippen LogP contribution >= 0.6 is 11.8 Å². The minimum atomic E-state index is -3.58. The lowest BCUT2D eigenvalue weighted by molar-refractivity contribution is -0.122. The largest absolute Gasteiger partial charge is 0.376 e. The molecule has 1 atom stereocenters. The third kappa shape index (κ3) is 5.24. The lowest BCUT2D eigenvalue weighted by atomic mass is 10.2. The number of hydrogen-bond acceptors (Lipinski definition) is 7. The lowest BCUT2D eigenvalue weighted by Crippen LogP contribution is -2.34. The van der Waals surface area contributed by atoms with Gasteiger partial charge in [0.25, 0.3) is 5.91 Å². The molecule has 0 bridgehead atoms. The molecule has 3 heterocycles. The molecule has 12 heteroatoms. The van der Waals surface area contributed by atoms with E-state index in [0.717, 1.165) is 40.8 Å². The van der Waals surface area contributed by atoms with Gasteiger partial charge < -0.3 is 15.4 Å². The number of fused-ring (bicyclic) bond motifs is 1. The van der Waals surface area contributed by atoms with Gasteiger partial charge in [-0.3, -0.25) is 9.59 Å². The van der Waals surface area contributed by atoms with Gasteiger partial charge in [-0.1, -0.05) is 0 Å². The first-order valence-corrected chi connectivity index (χ1v) is 13.2. The van der Waals surface area contributed by atoms with E-state index in [1.807, 2.05) is 0 Å². The van der Waals surface area contributed by atoms with Crippen molar-refractivity contribution in [3.63, 3.8) is 0 Å². The first-order valence-electron chi connectivity index (χ1n) is 10.6. The monoisotopic (exact) mass is 493 g/mol. The molecular formula is C21H27N5O5S2. The summed E-state index contributed by atoms with van der Waals surface area (Å²) in [7, 11) is -0.676. The molecule has 2 aliphatic rings. The second-order valence-electron chi connectivity index (χ2n) is 8.13. The van der Waals surface area contributed by atoms with Crippen molar-refractivity contribution >= 4 is 39.4 Å². The lowest BCUT2D eigenvalue weighted by Gasteiger charge is -2.14. The SMILES string of the molecule is CN(C)S(=O)(=O)c1ccc(C(=O)Nc2c3c(nn2CC(=O)NC[C@H]2CCCO2)CSC3)cc1. The molecular weight excluding hydrogens is 466 g/mol. The summed E-state index contributed by atoms with van der Waals surface area (Å²) in [5, 5.41) is 10.3. The average molecular weight is 494 g/mol. The van der Waals surface area contributed by atoms with E-state index in [2.05, 4.69) is 15.7 Å². The van der Waals surface area contributed by atoms with Crippen LogP contribution < -0.4 is 10.6 Å². The molecule has 4 rings (SSSR count). The van der Waals surface area contributed by atoms with Gasteiger partial charge in [0.2, 0.25) is 15.9 Å². The number of sulfonamides is 1. The molecule has 1 aromatic carbocycles. The first-order chi connectivity index (χ1) is 15.8. The summed E-state index contributed by atoms with van der Waals surface area (Å²) in [4.78, 5) is 25.5. The van der Waals surface area contributed by atoms with Crippen LogP contribution in [0.15, 0.2) is 29.2 Å². The normalized spacial score (nSPS) is 17.8. The Labute approximate surface area is 197 Å². The van der Waals surface area contributed by atoms with Crippen LogP contribution in [0.25, 0.3) is 0 Å². The average Bonchev–Trinajstić information content (AvgIpc) is 3.52. The molecule has 2 aliphatic heterocycles. The van der Waals surface area contributed by atoms with Crippen LogP contribution in [0.5, 0.6) is 0 Å². The smallest absolute Gasteiger partial charge is 0.256 e. The van der Waals surface area contributed by atoms with Gasteiger partial charge >= 0.3 is 0 Å². The van der Waals surface area contributed by atoms with Gasteiger partial charge in [0.05, 0.1) is 16.7 Å². The predicted octanol–water partition coefficient (Wildman–Crippen LogP) is 1.43. The Hall–Kier alpha value is -2.41. The Morgan fingerprint density at radius 2 is 2.00 bits per heavy atom. The molecule has 33 heavy (non-hydrogen) atoms. The van der Waals surface area contributed by atoms with Crippen LogP contribution in [0.2, 0.25) is 0 Å². The number of anilines is 1. The van der Waals surface area contributed by atoms with Gasteiger partial charge in [-0.05, 0) is 37.1 Å². The van der Waals surface area contributed by atoms with Crippen LogP contribution in [0, 0.1) is 0 Å². The van der Waals surface area contributed by atoms with Gasteiger partial charge in [-0.25, -0.2) is 17.4 Å². The molecule has 2 N–H and O–H groups in total. The number of carbonyl (C=O) groups excluding carboxylic acids is 2. The fourth-order valence-corrected chi connectivity index (χ4v) is 5.65. The number of nitrogens with one attached hydrogen (secondary N) is 2. The standard InChI is InChI=1S/C21H27N5O5S2/c1-25(2)33(29,30)16-7-5-14(6-8-16)21(28)23-20-17-12-32-13-18(17)24-26(20)11-19(27)22-10-15-4-3-9-31-15/h5-8,15H,3-4,9-13H2,1-2H3,(H,22,27)(H,23,28)/t15-/m1/s1. The summed E-state index contributed by atoms with van der Waals surface area (Å²) in [6.45, 7) is 1.17. The topological polar surface area (TPSA) is 123 Å². The Bertz CT molecular complexity index is 1140. The van der Waals surface area contributed by atoms with Crippen LogP contribution in [0.4, 0.5) is 5.82 Å². The maximum Gasteiger partial charge on any atom is 0.256 e. The summed E-state index contributed by atoms with van der Waals surface area (Å²) >= 11 is 1.69. The molecule has 2 amide bonds. The Balaban J connectivity index is 1.47. The van der Waals surface area contributed by atoms with E-state index < -0.39 is 15.9 Å². The number of aromatic nitrogens is 2. The zero-order chi connectivity index (χ0) is 23.6. The van der Waals surface area contributed by atoms with Crippen molar-refractivity contribution in [2.24, 2.45) is 0 Å². The van der Waals surface area contributed by atoms with Crippen LogP contribution in [-0.2, 0) is 37.6 Å². The maximum atomic E-state index is 12.9. The molecule has 0 unspecified atom stereocenters. The molecule has 0 aliphatic carbocycles. The zero-order valence-corrected chi connectivity index (χ0v) is 20.2. The fraction of sp³-hybridized carbons (Fsp3) is 0.476. The van der Waals surface area contributed by atoms with Crippen molar-refractivity contribution in [1.29, 1.82) is 0 Å². The highest BCUT2D eigenvalue weighted by molar-refractivity contribution is 7.98. The van der Waals surface area contributed by atoms with Crippen molar-refractivity contribution in [3.8, 4) is 0 Å². The number of carbonyl (C=O) groups is 2. The van der Waals surface area contributed by atoms with Gasteiger partial charge in [-0.15, -0.1) is 0 Å². The second kappa shape index (κ2) is 9.84. The number of ether oxygens (including phenoxy) is 1. The molecule has 0 radical (unpaired) electrons. The minimum Gasteiger partial charge on any atom is -0.376 e. The number of amides is 2. The summed E-state index contributed by atoms with van der Waals surface area (Å²) in [6.07, 6.45) is 1.98. The Morgan fingerprint density at radius 1 is 1.24 bits per heavy atom. The number of hydrogen-bond donors (Lipinski definition) is 2. The summed E-state index contributed by atoms with van der Waals surface area (Å²) in [5.74, 6) is 1.32. The summed E-state index contributed by atoms with van der Waals surface area (Å²) < 4.78 is 32.7. The van der Waals surface area contributed by atoms with E-state index >= 15 is 0 Å². The van der Waals surface area contributed by atoms with Gasteiger partial charge in [0.15, 0.2) is 0 Å². The number of thioether (sulfide) groups is 1. The van der Waals surface area contributed by atoms with Crippen molar-refractivity contribution in [2.75, 3.05) is 32.6 Å². The highest BCUT2D eigenvalue weighted by Crippen LogP contribution is 2.35. The molecule has 178 valence electrons. The second-order valence-corrected chi connectivity index (χ2v) is 11.3. The highest BCUT2D eigenvalue weighted by Gasteiger charge is 2.26. The van der Waals surface area contributed by atoms with Crippen molar-refractivity contribution in [2.45, 2.75) is 41.9 Å². The molecule has 1 saturated heterocycles. The molecule has 10 nitrogen and oxygen atoms in total. The molecule has 1 aromatic heterocycles. The third-order valence-corrected chi connectivity index (χ3v) is 8.39. The number of rotatable bonds is 8. The van der Waals surface area contributed by atoms with E-state index in [-0.39, 0.29) is 23.5 Å². The summed E-state index contributed by atoms with van der Waals surface area (Å²) in [6, 6.07) is 5.74. The summed E-state index contributed by atoms with van der Waals surface area (Å²) in [5.41, 5.74) is 2.07. The van der Waals surface area contributed by atoms with E-state index in [1.165, 1.54) is 43.0 Å². The van der Waals surface area contributed by atoms with Gasteiger partial charge in [-0.2, -0.15) is 16.9 Å². The van der Waals surface area contributed by atoms with Crippen molar-refractivity contribution < 1.29 is 22.7 Å². The third-order valence-electron chi connectivity index (χ3n) is 5.59. The number of benzene rings is 1. The number of nitrogens with zero attached hydrogens (tertiary/aromatic N) is 3. The van der Waals surface area contributed by atoms with Crippen LogP contribution in [0.3, 0.4) is 0 Å².